The molecule has 0 fully saturated rings. The molecule has 0 radical (unpaired) electrons. The van der Waals surface area contributed by atoms with Crippen molar-refractivity contribution < 1.29 is 28.9 Å². The van der Waals surface area contributed by atoms with E-state index in [4.69, 9.17) is 19.9 Å². The molecular formula is C24H32N2O6. The van der Waals surface area contributed by atoms with Crippen molar-refractivity contribution in [1.82, 2.24) is 5.32 Å². The normalized spacial score (nSPS) is 20.0. The molecule has 1 aliphatic heterocycles. The lowest BCUT2D eigenvalue weighted by Gasteiger charge is -2.40. The van der Waals surface area contributed by atoms with Gasteiger partial charge in [-0.25, -0.2) is 4.79 Å². The van der Waals surface area contributed by atoms with Crippen LogP contribution in [0.3, 0.4) is 0 Å². The van der Waals surface area contributed by atoms with Crippen molar-refractivity contribution in [3.05, 3.63) is 46.3 Å². The summed E-state index contributed by atoms with van der Waals surface area (Å²) in [5, 5.41) is 13.5. The first-order valence-electron chi connectivity index (χ1n) is 10.8. The number of rotatable bonds is 8. The Labute approximate surface area is 188 Å². The predicted molar refractivity (Wildman–Crippen MR) is 119 cm³/mol. The summed E-state index contributed by atoms with van der Waals surface area (Å²) in [5.41, 5.74) is 7.91. The molecule has 0 aromatic heterocycles. The fourth-order valence-corrected chi connectivity index (χ4v) is 4.43. The molecule has 3 rings (SSSR count). The van der Waals surface area contributed by atoms with Gasteiger partial charge in [-0.2, -0.15) is 0 Å². The molecule has 174 valence electrons. The molecule has 8 heteroatoms. The van der Waals surface area contributed by atoms with E-state index in [1.165, 1.54) is 19.2 Å². The Morgan fingerprint density at radius 3 is 2.72 bits per heavy atom. The zero-order valence-electron chi connectivity index (χ0n) is 19.1. The average molecular weight is 445 g/mol. The number of carbonyl (C=O) groups excluding carboxylic acids is 2. The summed E-state index contributed by atoms with van der Waals surface area (Å²) >= 11 is 0. The quantitative estimate of drug-likeness (QED) is 0.413. The van der Waals surface area contributed by atoms with Crippen LogP contribution in [0.25, 0.3) is 0 Å². The third kappa shape index (κ3) is 4.81. The van der Waals surface area contributed by atoms with Crippen molar-refractivity contribution in [2.75, 3.05) is 33.5 Å². The summed E-state index contributed by atoms with van der Waals surface area (Å²) in [6.45, 7) is 6.74. The maximum atomic E-state index is 13.4. The fourth-order valence-electron chi connectivity index (χ4n) is 4.43. The third-order valence-corrected chi connectivity index (χ3v) is 5.65. The van der Waals surface area contributed by atoms with Crippen LogP contribution >= 0.6 is 0 Å². The summed E-state index contributed by atoms with van der Waals surface area (Å²) in [5.74, 6) is -0.890. The van der Waals surface area contributed by atoms with E-state index in [-0.39, 0.29) is 35.7 Å². The summed E-state index contributed by atoms with van der Waals surface area (Å²) in [6, 6.07) is 4.66. The van der Waals surface area contributed by atoms with Crippen molar-refractivity contribution in [2.45, 2.75) is 39.5 Å². The Morgan fingerprint density at radius 2 is 2.06 bits per heavy atom. The largest absolute Gasteiger partial charge is 0.508 e. The highest BCUT2D eigenvalue weighted by atomic mass is 16.5. The summed E-state index contributed by atoms with van der Waals surface area (Å²) in [6.07, 6.45) is 0.975. The molecule has 1 aromatic carbocycles. The van der Waals surface area contributed by atoms with Crippen LogP contribution in [0.5, 0.6) is 11.5 Å². The lowest BCUT2D eigenvalue weighted by molar-refractivity contribution is -0.139. The Hall–Kier alpha value is -2.84. The number of Topliss-reactive ketones (excluding diaryl/α,β-unsaturated/α-hetero) is 1. The Kier molecular flexibility index (Phi) is 7.26. The molecule has 32 heavy (non-hydrogen) atoms. The van der Waals surface area contributed by atoms with Crippen LogP contribution in [0.4, 0.5) is 0 Å². The fraction of sp³-hybridized carbons (Fsp3) is 0.500. The first kappa shape index (κ1) is 23.8. The first-order valence-corrected chi connectivity index (χ1v) is 10.8. The maximum absolute atomic E-state index is 13.4. The van der Waals surface area contributed by atoms with Gasteiger partial charge in [0.25, 0.3) is 0 Å². The zero-order valence-corrected chi connectivity index (χ0v) is 19.1. The standard InChI is InChI=1S/C24H32N2O6/c1-5-32-23(29)22-17(13-31-9-8-25)26-16-11-24(2,3)12-18(28)21(16)20(22)15-10-14(27)6-7-19(15)30-4/h6-7,10,20,26-27H,5,8-9,11-13,25H2,1-4H3. The smallest absolute Gasteiger partial charge is 0.336 e. The number of ether oxygens (including phenoxy) is 3. The van der Waals surface area contributed by atoms with E-state index in [1.807, 2.05) is 13.8 Å². The molecule has 0 amide bonds. The Bertz CT molecular complexity index is 963. The number of methoxy groups -OCH3 is 1. The van der Waals surface area contributed by atoms with Gasteiger partial charge in [-0.3, -0.25) is 4.79 Å². The van der Waals surface area contributed by atoms with Gasteiger partial charge in [0.05, 0.1) is 44.1 Å². The monoisotopic (exact) mass is 444 g/mol. The van der Waals surface area contributed by atoms with E-state index < -0.39 is 11.9 Å². The maximum Gasteiger partial charge on any atom is 0.336 e. The number of ketones is 1. The summed E-state index contributed by atoms with van der Waals surface area (Å²) in [7, 11) is 1.51. The molecule has 1 heterocycles. The van der Waals surface area contributed by atoms with E-state index in [2.05, 4.69) is 5.32 Å². The number of aromatic hydroxyl groups is 1. The van der Waals surface area contributed by atoms with Crippen molar-refractivity contribution in [3.8, 4) is 11.5 Å². The molecule has 2 aliphatic rings. The van der Waals surface area contributed by atoms with E-state index in [0.29, 0.717) is 48.6 Å². The number of nitrogens with two attached hydrogens (primary N) is 1. The highest BCUT2D eigenvalue weighted by Gasteiger charge is 2.44. The van der Waals surface area contributed by atoms with E-state index in [9.17, 15) is 14.7 Å². The molecule has 4 N–H and O–H groups in total. The van der Waals surface area contributed by atoms with E-state index >= 15 is 0 Å². The minimum atomic E-state index is -0.757. The van der Waals surface area contributed by atoms with Crippen LogP contribution < -0.4 is 15.8 Å². The van der Waals surface area contributed by atoms with Crippen LogP contribution in [-0.2, 0) is 19.1 Å². The lowest BCUT2D eigenvalue weighted by Crippen LogP contribution is -2.40. The highest BCUT2D eigenvalue weighted by Crippen LogP contribution is 2.49. The van der Waals surface area contributed by atoms with Gasteiger partial charge in [0.2, 0.25) is 0 Å². The van der Waals surface area contributed by atoms with E-state index in [1.54, 1.807) is 13.0 Å². The van der Waals surface area contributed by atoms with Crippen LogP contribution in [0.2, 0.25) is 0 Å². The second-order valence-corrected chi connectivity index (χ2v) is 8.77. The van der Waals surface area contributed by atoms with Gasteiger partial charge in [-0.05, 0) is 37.0 Å². The summed E-state index contributed by atoms with van der Waals surface area (Å²) < 4.78 is 16.6. The molecule has 8 nitrogen and oxygen atoms in total. The number of allylic oxidation sites excluding steroid dienone is 2. The SMILES string of the molecule is CCOC(=O)C1=C(COCCN)NC2=C(C(=O)CC(C)(C)C2)C1c1cc(O)ccc1OC. The molecule has 0 saturated carbocycles. The van der Waals surface area contributed by atoms with Crippen LogP contribution in [0, 0.1) is 5.41 Å². The van der Waals surface area contributed by atoms with Gasteiger partial charge in [-0.1, -0.05) is 13.8 Å². The van der Waals surface area contributed by atoms with Crippen molar-refractivity contribution in [3.63, 3.8) is 0 Å². The number of benzene rings is 1. The molecular weight excluding hydrogens is 412 g/mol. The number of nitrogens with one attached hydrogen (secondary N) is 1. The Balaban J connectivity index is 2.25. The highest BCUT2D eigenvalue weighted by molar-refractivity contribution is 6.04. The van der Waals surface area contributed by atoms with Crippen molar-refractivity contribution in [1.29, 1.82) is 0 Å². The second kappa shape index (κ2) is 9.75. The van der Waals surface area contributed by atoms with E-state index in [0.717, 1.165) is 5.70 Å². The van der Waals surface area contributed by atoms with Gasteiger partial charge < -0.3 is 30.4 Å². The number of hydrogen-bond acceptors (Lipinski definition) is 8. The minimum Gasteiger partial charge on any atom is -0.508 e. The van der Waals surface area contributed by atoms with Crippen LogP contribution in [-0.4, -0.2) is 50.3 Å². The lowest BCUT2D eigenvalue weighted by atomic mass is 9.68. The average Bonchev–Trinajstić information content (AvgIpc) is 2.72. The number of hydrogen-bond donors (Lipinski definition) is 3. The molecule has 0 spiro atoms. The van der Waals surface area contributed by atoms with Crippen molar-refractivity contribution >= 4 is 11.8 Å². The predicted octanol–water partition coefficient (Wildman–Crippen LogP) is 2.52. The molecule has 1 aromatic rings. The molecule has 0 bridgehead atoms. The van der Waals surface area contributed by atoms with Gasteiger partial charge in [-0.15, -0.1) is 0 Å². The van der Waals surface area contributed by atoms with Crippen LogP contribution in [0.15, 0.2) is 40.7 Å². The second-order valence-electron chi connectivity index (χ2n) is 8.77. The number of carbonyl (C=O) groups is 2. The van der Waals surface area contributed by atoms with Gasteiger partial charge in [0, 0.05) is 29.8 Å². The minimum absolute atomic E-state index is 0.00853. The Morgan fingerprint density at radius 1 is 1.31 bits per heavy atom. The molecule has 1 aliphatic carbocycles. The van der Waals surface area contributed by atoms with Gasteiger partial charge >= 0.3 is 5.97 Å². The van der Waals surface area contributed by atoms with Gasteiger partial charge in [0.1, 0.15) is 11.5 Å². The van der Waals surface area contributed by atoms with Gasteiger partial charge in [0.15, 0.2) is 5.78 Å². The topological polar surface area (TPSA) is 120 Å². The molecule has 1 atom stereocenters. The van der Waals surface area contributed by atoms with Crippen molar-refractivity contribution in [2.24, 2.45) is 11.1 Å². The molecule has 0 saturated heterocycles. The number of phenolic OH excluding ortho intramolecular Hbond substituents is 1. The number of phenols is 1. The first-order chi connectivity index (χ1) is 15.2. The third-order valence-electron chi connectivity index (χ3n) is 5.65. The summed E-state index contributed by atoms with van der Waals surface area (Å²) in [4.78, 5) is 26.6. The van der Waals surface area contributed by atoms with Crippen LogP contribution in [0.1, 0.15) is 45.1 Å². The zero-order chi connectivity index (χ0) is 23.5. The number of dihydropyridines is 1. The molecule has 1 unspecified atom stereocenters. The number of esters is 1.